The molecule has 1 atom stereocenters. The van der Waals surface area contributed by atoms with E-state index in [1.165, 1.54) is 7.11 Å². The maximum absolute atomic E-state index is 12.1. The van der Waals surface area contributed by atoms with E-state index in [0.29, 0.717) is 5.02 Å². The average molecular weight is 340 g/mol. The lowest BCUT2D eigenvalue weighted by Gasteiger charge is -2.17. The van der Waals surface area contributed by atoms with Crippen LogP contribution in [0.15, 0.2) is 54.6 Å². The van der Waals surface area contributed by atoms with Gasteiger partial charge in [0.15, 0.2) is 0 Å². The number of halogens is 1. The summed E-state index contributed by atoms with van der Waals surface area (Å²) in [6.45, 7) is 0.134. The van der Waals surface area contributed by atoms with Gasteiger partial charge in [-0.15, -0.1) is 0 Å². The molecule has 4 nitrogen and oxygen atoms in total. The Labute approximate surface area is 136 Å². The van der Waals surface area contributed by atoms with Crippen molar-refractivity contribution in [2.75, 3.05) is 13.7 Å². The molecule has 22 heavy (non-hydrogen) atoms. The number of hydrogen-bond acceptors (Lipinski definition) is 3. The molecule has 0 spiro atoms. The molecule has 0 saturated carbocycles. The largest absolute Gasteiger partial charge is 0.375 e. The fraction of sp³-hybridized carbons (Fsp3) is 0.250. The molecule has 2 aromatic carbocycles. The molecule has 0 fully saturated rings. The van der Waals surface area contributed by atoms with Gasteiger partial charge < -0.3 is 4.74 Å². The van der Waals surface area contributed by atoms with E-state index in [-0.39, 0.29) is 12.3 Å². The van der Waals surface area contributed by atoms with E-state index in [9.17, 15) is 8.42 Å². The minimum atomic E-state index is -3.43. The molecule has 0 aliphatic carbocycles. The van der Waals surface area contributed by atoms with Crippen LogP contribution in [0.3, 0.4) is 0 Å². The van der Waals surface area contributed by atoms with Gasteiger partial charge in [-0.3, -0.25) is 0 Å². The van der Waals surface area contributed by atoms with E-state index in [4.69, 9.17) is 16.3 Å². The monoisotopic (exact) mass is 339 g/mol. The van der Waals surface area contributed by atoms with Gasteiger partial charge in [-0.05, 0) is 11.6 Å². The van der Waals surface area contributed by atoms with E-state index < -0.39 is 16.1 Å². The fourth-order valence-corrected chi connectivity index (χ4v) is 3.50. The van der Waals surface area contributed by atoms with Crippen molar-refractivity contribution < 1.29 is 13.2 Å². The van der Waals surface area contributed by atoms with E-state index in [1.807, 2.05) is 36.4 Å². The predicted molar refractivity (Wildman–Crippen MR) is 88.3 cm³/mol. The number of ether oxygens (including phenoxy) is 1. The van der Waals surface area contributed by atoms with Gasteiger partial charge in [0.05, 0.1) is 11.9 Å². The number of methoxy groups -OCH3 is 1. The molecule has 118 valence electrons. The quantitative estimate of drug-likeness (QED) is 0.843. The molecule has 2 aromatic rings. The second-order valence-electron chi connectivity index (χ2n) is 4.84. The summed E-state index contributed by atoms with van der Waals surface area (Å²) >= 11 is 6.12. The highest BCUT2D eigenvalue weighted by atomic mass is 35.5. The van der Waals surface area contributed by atoms with E-state index >= 15 is 0 Å². The van der Waals surface area contributed by atoms with Crippen LogP contribution in [0.25, 0.3) is 0 Å². The predicted octanol–water partition coefficient (Wildman–Crippen LogP) is 3.15. The third-order valence-corrected chi connectivity index (χ3v) is 4.89. The van der Waals surface area contributed by atoms with Crippen molar-refractivity contribution in [1.82, 2.24) is 4.72 Å². The van der Waals surface area contributed by atoms with Gasteiger partial charge in [-0.2, -0.15) is 0 Å². The maximum atomic E-state index is 12.1. The zero-order chi connectivity index (χ0) is 16.0. The molecular formula is C16H18ClNO3S. The molecule has 6 heteroatoms. The van der Waals surface area contributed by atoms with Crippen molar-refractivity contribution in [3.8, 4) is 0 Å². The van der Waals surface area contributed by atoms with Crippen molar-refractivity contribution in [3.63, 3.8) is 0 Å². The topological polar surface area (TPSA) is 55.4 Å². The van der Waals surface area contributed by atoms with E-state index in [2.05, 4.69) is 4.72 Å². The Balaban J connectivity index is 2.02. The Hall–Kier alpha value is -1.40. The molecule has 0 radical (unpaired) electrons. The smallest absolute Gasteiger partial charge is 0.215 e. The molecule has 0 saturated heterocycles. The lowest BCUT2D eigenvalue weighted by atomic mass is 10.1. The Bertz CT molecular complexity index is 704. The molecule has 0 aliphatic rings. The Morgan fingerprint density at radius 3 is 2.36 bits per heavy atom. The summed E-state index contributed by atoms with van der Waals surface area (Å²) < 4.78 is 32.2. The normalized spacial score (nSPS) is 13.0. The van der Waals surface area contributed by atoms with Gasteiger partial charge in [0.1, 0.15) is 0 Å². The third-order valence-electron chi connectivity index (χ3n) is 3.22. The summed E-state index contributed by atoms with van der Waals surface area (Å²) in [4.78, 5) is 0. The van der Waals surface area contributed by atoms with Crippen LogP contribution < -0.4 is 4.72 Å². The average Bonchev–Trinajstić information content (AvgIpc) is 2.50. The van der Waals surface area contributed by atoms with Crippen LogP contribution in [0, 0.1) is 0 Å². The number of nitrogens with one attached hydrogen (secondary N) is 1. The summed E-state index contributed by atoms with van der Waals surface area (Å²) in [5, 5.41) is 0.552. The summed E-state index contributed by atoms with van der Waals surface area (Å²) in [6, 6.07) is 16.3. The number of sulfonamides is 1. The van der Waals surface area contributed by atoms with Crippen molar-refractivity contribution in [2.24, 2.45) is 0 Å². The Morgan fingerprint density at radius 1 is 1.09 bits per heavy atom. The van der Waals surface area contributed by atoms with Gasteiger partial charge in [0, 0.05) is 24.2 Å². The second-order valence-corrected chi connectivity index (χ2v) is 7.05. The minimum absolute atomic E-state index is 0.0627. The third kappa shape index (κ3) is 4.81. The van der Waals surface area contributed by atoms with Crippen LogP contribution in [0.4, 0.5) is 0 Å². The maximum Gasteiger partial charge on any atom is 0.215 e. The van der Waals surface area contributed by atoms with Crippen LogP contribution in [0.1, 0.15) is 17.2 Å². The molecule has 0 heterocycles. The van der Waals surface area contributed by atoms with Gasteiger partial charge in [0.25, 0.3) is 0 Å². The van der Waals surface area contributed by atoms with Crippen LogP contribution in [0.2, 0.25) is 5.02 Å². The summed E-state index contributed by atoms with van der Waals surface area (Å²) in [7, 11) is -1.91. The highest BCUT2D eigenvalue weighted by Crippen LogP contribution is 2.24. The van der Waals surface area contributed by atoms with Gasteiger partial charge >= 0.3 is 0 Å². The lowest BCUT2D eigenvalue weighted by Crippen LogP contribution is -2.30. The van der Waals surface area contributed by atoms with Gasteiger partial charge in [-0.1, -0.05) is 60.1 Å². The Morgan fingerprint density at radius 2 is 1.73 bits per heavy atom. The minimum Gasteiger partial charge on any atom is -0.375 e. The van der Waals surface area contributed by atoms with E-state index in [0.717, 1.165) is 11.1 Å². The molecule has 1 unspecified atom stereocenters. The molecule has 0 bridgehead atoms. The van der Waals surface area contributed by atoms with Crippen LogP contribution in [0.5, 0.6) is 0 Å². The number of benzene rings is 2. The Kier molecular flexibility index (Phi) is 5.97. The van der Waals surface area contributed by atoms with Crippen molar-refractivity contribution >= 4 is 21.6 Å². The molecule has 0 aliphatic heterocycles. The van der Waals surface area contributed by atoms with Gasteiger partial charge in [0.2, 0.25) is 10.0 Å². The zero-order valence-electron chi connectivity index (χ0n) is 12.2. The van der Waals surface area contributed by atoms with Crippen molar-refractivity contribution in [2.45, 2.75) is 11.9 Å². The van der Waals surface area contributed by atoms with Crippen LogP contribution in [-0.2, 0) is 20.5 Å². The molecule has 0 amide bonds. The molecular weight excluding hydrogens is 322 g/mol. The highest BCUT2D eigenvalue weighted by Gasteiger charge is 2.18. The second kappa shape index (κ2) is 7.74. The SMILES string of the molecule is COC(CNS(=O)(=O)Cc1ccccc1)c1ccccc1Cl. The summed E-state index contributed by atoms with van der Waals surface area (Å²) in [5.41, 5.74) is 1.50. The fourth-order valence-electron chi connectivity index (χ4n) is 2.10. The number of hydrogen-bond donors (Lipinski definition) is 1. The first-order valence-electron chi connectivity index (χ1n) is 6.80. The van der Waals surface area contributed by atoms with Crippen LogP contribution >= 0.6 is 11.6 Å². The summed E-state index contributed by atoms with van der Waals surface area (Å²) in [6.07, 6.45) is -0.431. The summed E-state index contributed by atoms with van der Waals surface area (Å²) in [5.74, 6) is -0.0627. The first-order chi connectivity index (χ1) is 10.5. The first kappa shape index (κ1) is 17.0. The zero-order valence-corrected chi connectivity index (χ0v) is 13.8. The van der Waals surface area contributed by atoms with Crippen molar-refractivity contribution in [3.05, 3.63) is 70.7 Å². The van der Waals surface area contributed by atoms with E-state index in [1.54, 1.807) is 18.2 Å². The highest BCUT2D eigenvalue weighted by molar-refractivity contribution is 7.88. The molecule has 1 N–H and O–H groups in total. The van der Waals surface area contributed by atoms with Gasteiger partial charge in [-0.25, -0.2) is 13.1 Å². The molecule has 0 aromatic heterocycles. The standard InChI is InChI=1S/C16H18ClNO3S/c1-21-16(14-9-5-6-10-15(14)17)11-18-22(19,20)12-13-7-3-2-4-8-13/h2-10,16,18H,11-12H2,1H3. The van der Waals surface area contributed by atoms with Crippen LogP contribution in [-0.4, -0.2) is 22.1 Å². The number of rotatable bonds is 7. The molecule has 2 rings (SSSR count). The lowest BCUT2D eigenvalue weighted by molar-refractivity contribution is 0.107. The first-order valence-corrected chi connectivity index (χ1v) is 8.83. The van der Waals surface area contributed by atoms with Crippen molar-refractivity contribution in [1.29, 1.82) is 0 Å².